The molecule has 0 heterocycles. The first-order chi connectivity index (χ1) is 5.40. The summed E-state index contributed by atoms with van der Waals surface area (Å²) in [5.41, 5.74) is 0.887. The van der Waals surface area contributed by atoms with E-state index in [0.717, 1.165) is 12.0 Å². The van der Waals surface area contributed by atoms with Gasteiger partial charge in [0, 0.05) is 10.8 Å². The lowest BCUT2D eigenvalue weighted by atomic mass is 10.2. The van der Waals surface area contributed by atoms with Crippen molar-refractivity contribution in [1.82, 2.24) is 0 Å². The van der Waals surface area contributed by atoms with Crippen LogP contribution in [0.4, 0.5) is 0 Å². The van der Waals surface area contributed by atoms with Crippen LogP contribution in [-0.4, -0.2) is 0 Å². The van der Waals surface area contributed by atoms with E-state index in [1.54, 1.807) is 0 Å². The van der Waals surface area contributed by atoms with Crippen LogP contribution in [0.5, 0.6) is 0 Å². The highest BCUT2D eigenvalue weighted by atomic mass is 35.9. The van der Waals surface area contributed by atoms with Gasteiger partial charge < -0.3 is 0 Å². The highest BCUT2D eigenvalue weighted by molar-refractivity contribution is 8.10. The standard InChI is InChI=1S/C7H10Cl3OP/c1-3-6(4-2)7(8)5-12(9,10)11/h3,5H,4H2,1-2H3/b6-3-,7-5-. The molecular formula is C7H10Cl3OP. The van der Waals surface area contributed by atoms with Crippen LogP contribution in [0.3, 0.4) is 0 Å². The Kier molecular flexibility index (Phi) is 5.60. The predicted molar refractivity (Wildman–Crippen MR) is 57.3 cm³/mol. The second-order valence-electron chi connectivity index (χ2n) is 2.15. The van der Waals surface area contributed by atoms with Crippen LogP contribution in [0, 0.1) is 0 Å². The fourth-order valence-electron chi connectivity index (χ4n) is 0.726. The fourth-order valence-corrected chi connectivity index (χ4v) is 2.70. The van der Waals surface area contributed by atoms with Crippen molar-refractivity contribution in [1.29, 1.82) is 0 Å². The Balaban J connectivity index is 4.70. The Morgan fingerprint density at radius 2 is 2.00 bits per heavy atom. The summed E-state index contributed by atoms with van der Waals surface area (Å²) in [5.74, 6) is -2.00. The molecule has 5 heteroatoms. The minimum atomic E-state index is -3.19. The van der Waals surface area contributed by atoms with E-state index in [9.17, 15) is 4.57 Å². The zero-order valence-corrected chi connectivity index (χ0v) is 10.0. The summed E-state index contributed by atoms with van der Waals surface area (Å²) in [6.07, 6.45) is 2.60. The van der Waals surface area contributed by atoms with E-state index >= 15 is 0 Å². The van der Waals surface area contributed by atoms with Crippen molar-refractivity contribution >= 4 is 39.9 Å². The summed E-state index contributed by atoms with van der Waals surface area (Å²) in [7, 11) is 0. The van der Waals surface area contributed by atoms with Crippen molar-refractivity contribution in [2.24, 2.45) is 0 Å². The van der Waals surface area contributed by atoms with Crippen molar-refractivity contribution in [2.75, 3.05) is 0 Å². The van der Waals surface area contributed by atoms with Crippen molar-refractivity contribution in [2.45, 2.75) is 20.3 Å². The van der Waals surface area contributed by atoms with Gasteiger partial charge in [-0.15, -0.1) is 0 Å². The third kappa shape index (κ3) is 5.27. The molecule has 0 aromatic rings. The minimum absolute atomic E-state index is 0.369. The lowest BCUT2D eigenvalue weighted by Crippen LogP contribution is -1.78. The third-order valence-corrected chi connectivity index (χ3v) is 2.95. The van der Waals surface area contributed by atoms with Crippen molar-refractivity contribution in [3.05, 3.63) is 22.5 Å². The smallest absolute Gasteiger partial charge is 0.276 e. The normalized spacial score (nSPS) is 15.1. The maximum absolute atomic E-state index is 10.9. The molecule has 0 aliphatic carbocycles. The van der Waals surface area contributed by atoms with Gasteiger partial charge in [-0.1, -0.05) is 24.6 Å². The molecule has 1 nitrogen and oxygen atoms in total. The van der Waals surface area contributed by atoms with Gasteiger partial charge in [-0.2, -0.15) is 0 Å². The minimum Gasteiger partial charge on any atom is -0.285 e. The summed E-state index contributed by atoms with van der Waals surface area (Å²) >= 11 is 16.4. The summed E-state index contributed by atoms with van der Waals surface area (Å²) in [6.45, 7) is 3.79. The van der Waals surface area contributed by atoms with Crippen LogP contribution in [0.2, 0.25) is 0 Å². The van der Waals surface area contributed by atoms with Crippen LogP contribution in [0.1, 0.15) is 20.3 Å². The van der Waals surface area contributed by atoms with Gasteiger partial charge in [-0.25, -0.2) is 0 Å². The van der Waals surface area contributed by atoms with Gasteiger partial charge in [-0.3, -0.25) is 4.57 Å². The van der Waals surface area contributed by atoms with Crippen LogP contribution >= 0.6 is 39.9 Å². The molecule has 0 spiro atoms. The Bertz CT molecular complexity index is 251. The van der Waals surface area contributed by atoms with E-state index < -0.39 is 5.85 Å². The molecular weight excluding hydrogens is 237 g/mol. The summed E-state index contributed by atoms with van der Waals surface area (Å²) in [6, 6.07) is 0. The Morgan fingerprint density at radius 1 is 1.50 bits per heavy atom. The number of halogens is 3. The first-order valence-corrected chi connectivity index (χ1v) is 7.40. The summed E-state index contributed by atoms with van der Waals surface area (Å²) < 4.78 is 10.9. The molecule has 0 N–H and O–H groups in total. The van der Waals surface area contributed by atoms with E-state index in [0.29, 0.717) is 5.03 Å². The van der Waals surface area contributed by atoms with Crippen LogP contribution in [-0.2, 0) is 4.57 Å². The van der Waals surface area contributed by atoms with Gasteiger partial charge in [0.15, 0.2) is 0 Å². The molecule has 0 amide bonds. The lowest BCUT2D eigenvalue weighted by molar-refractivity contribution is 0.597. The quantitative estimate of drug-likeness (QED) is 0.501. The molecule has 0 aliphatic heterocycles. The zero-order valence-electron chi connectivity index (χ0n) is 6.85. The first kappa shape index (κ1) is 12.6. The monoisotopic (exact) mass is 246 g/mol. The Morgan fingerprint density at radius 3 is 2.25 bits per heavy atom. The molecule has 12 heavy (non-hydrogen) atoms. The van der Waals surface area contributed by atoms with E-state index in [1.807, 2.05) is 19.9 Å². The topological polar surface area (TPSA) is 17.1 Å². The number of allylic oxidation sites excluding steroid dienone is 3. The molecule has 0 fully saturated rings. The molecule has 0 saturated carbocycles. The average molecular weight is 247 g/mol. The molecule has 0 aromatic carbocycles. The Labute approximate surface area is 87.3 Å². The molecule has 0 rings (SSSR count). The molecule has 0 bridgehead atoms. The Hall–Kier alpha value is 0.580. The lowest BCUT2D eigenvalue weighted by Gasteiger charge is -2.01. The second kappa shape index (κ2) is 5.34. The number of hydrogen-bond acceptors (Lipinski definition) is 1. The molecule has 0 aliphatic rings. The summed E-state index contributed by atoms with van der Waals surface area (Å²) in [4.78, 5) is 0. The zero-order chi connectivity index (χ0) is 9.78. The van der Waals surface area contributed by atoms with E-state index in [4.69, 9.17) is 34.1 Å². The SMILES string of the molecule is C/C=C(CC)\C(Cl)=C\P(=O)(Cl)Cl. The van der Waals surface area contributed by atoms with Crippen LogP contribution < -0.4 is 0 Å². The molecule has 0 unspecified atom stereocenters. The van der Waals surface area contributed by atoms with Crippen molar-refractivity contribution < 1.29 is 4.57 Å². The fraction of sp³-hybridized carbons (Fsp3) is 0.429. The summed E-state index contributed by atoms with van der Waals surface area (Å²) in [5, 5.41) is 0.369. The molecule has 0 saturated heterocycles. The maximum Gasteiger partial charge on any atom is 0.276 e. The van der Waals surface area contributed by atoms with E-state index in [2.05, 4.69) is 0 Å². The van der Waals surface area contributed by atoms with Gasteiger partial charge in [-0.05, 0) is 41.4 Å². The van der Waals surface area contributed by atoms with Gasteiger partial charge >= 0.3 is 0 Å². The van der Waals surface area contributed by atoms with Gasteiger partial charge in [0.25, 0.3) is 5.85 Å². The molecule has 70 valence electrons. The molecule has 0 aromatic heterocycles. The van der Waals surface area contributed by atoms with Crippen LogP contribution in [0.15, 0.2) is 22.5 Å². The van der Waals surface area contributed by atoms with Crippen LogP contribution in [0.25, 0.3) is 0 Å². The highest BCUT2D eigenvalue weighted by Crippen LogP contribution is 2.59. The van der Waals surface area contributed by atoms with E-state index in [-0.39, 0.29) is 0 Å². The number of hydrogen-bond donors (Lipinski definition) is 0. The number of rotatable bonds is 3. The predicted octanol–water partition coefficient (Wildman–Crippen LogP) is 5.09. The maximum atomic E-state index is 10.9. The third-order valence-electron chi connectivity index (χ3n) is 1.30. The second-order valence-corrected chi connectivity index (χ2v) is 7.35. The first-order valence-electron chi connectivity index (χ1n) is 3.43. The molecule has 0 atom stereocenters. The van der Waals surface area contributed by atoms with E-state index in [1.165, 1.54) is 5.82 Å². The van der Waals surface area contributed by atoms with Crippen molar-refractivity contribution in [3.63, 3.8) is 0 Å². The van der Waals surface area contributed by atoms with Gasteiger partial charge in [0.05, 0.1) is 0 Å². The van der Waals surface area contributed by atoms with Crippen molar-refractivity contribution in [3.8, 4) is 0 Å². The van der Waals surface area contributed by atoms with Gasteiger partial charge in [0.1, 0.15) is 0 Å². The largest absolute Gasteiger partial charge is 0.285 e. The highest BCUT2D eigenvalue weighted by Gasteiger charge is 2.11. The molecule has 0 radical (unpaired) electrons. The van der Waals surface area contributed by atoms with Gasteiger partial charge in [0.2, 0.25) is 0 Å². The average Bonchev–Trinajstić information content (AvgIpc) is 1.85.